The van der Waals surface area contributed by atoms with Crippen LogP contribution in [0.5, 0.6) is 5.75 Å². The summed E-state index contributed by atoms with van der Waals surface area (Å²) >= 11 is 3.35. The third-order valence-corrected chi connectivity index (χ3v) is 7.11. The van der Waals surface area contributed by atoms with E-state index >= 15 is 0 Å². The van der Waals surface area contributed by atoms with Gasteiger partial charge in [0.2, 0.25) is 11.9 Å². The lowest BCUT2D eigenvalue weighted by molar-refractivity contribution is -0.115. The molecule has 0 bridgehead atoms. The van der Waals surface area contributed by atoms with Crippen LogP contribution < -0.4 is 20.3 Å². The van der Waals surface area contributed by atoms with E-state index in [9.17, 15) is 4.79 Å². The number of hydrogen-bond acceptors (Lipinski definition) is 9. The van der Waals surface area contributed by atoms with Gasteiger partial charge < -0.3 is 29.9 Å². The van der Waals surface area contributed by atoms with Crippen molar-refractivity contribution in [3.05, 3.63) is 66.5 Å². The van der Waals surface area contributed by atoms with Gasteiger partial charge in [0.05, 0.1) is 43.1 Å². The van der Waals surface area contributed by atoms with Crippen molar-refractivity contribution in [3.63, 3.8) is 0 Å². The molecule has 4 aromatic rings. The number of methoxy groups -OCH3 is 1. The van der Waals surface area contributed by atoms with Gasteiger partial charge in [0.25, 0.3) is 0 Å². The largest absolute Gasteiger partial charge is 0.494 e. The Balaban J connectivity index is 1.48. The molecule has 42 heavy (non-hydrogen) atoms. The SMILES string of the molecule is COc1cc(N2CCOCC2)c(NC(=O)CCBr)cc1Nc1nccc(-n2cc(CN(C)C)c(-c3ccccc3)n2)n1. The second-order valence-electron chi connectivity index (χ2n) is 10.1. The first-order valence-electron chi connectivity index (χ1n) is 13.7. The Kier molecular flexibility index (Phi) is 9.67. The van der Waals surface area contributed by atoms with Gasteiger partial charge in [-0.15, -0.1) is 0 Å². The molecule has 11 nitrogen and oxygen atoms in total. The molecule has 0 unspecified atom stereocenters. The minimum Gasteiger partial charge on any atom is -0.494 e. The van der Waals surface area contributed by atoms with E-state index in [1.165, 1.54) is 0 Å². The molecule has 1 amide bonds. The summed E-state index contributed by atoms with van der Waals surface area (Å²) in [6.07, 6.45) is 4.05. The van der Waals surface area contributed by atoms with Gasteiger partial charge in [0.1, 0.15) is 5.75 Å². The standard InChI is InChI=1S/C30H35BrN8O3/c1-37(2)19-22-20-39(36-29(22)21-7-5-4-6-8-21)27-10-12-32-30(35-27)34-24-17-23(33-28(40)9-11-31)25(18-26(24)41-3)38-13-15-42-16-14-38/h4-8,10,12,17-18,20H,9,11,13-16,19H2,1-3H3,(H,33,40)(H,32,34,35). The van der Waals surface area contributed by atoms with Crippen LogP contribution in [0.4, 0.5) is 23.0 Å². The molecule has 2 aromatic carbocycles. The monoisotopic (exact) mass is 634 g/mol. The predicted molar refractivity (Wildman–Crippen MR) is 168 cm³/mol. The van der Waals surface area contributed by atoms with Crippen molar-refractivity contribution in [1.82, 2.24) is 24.6 Å². The van der Waals surface area contributed by atoms with Crippen LogP contribution in [0.1, 0.15) is 12.0 Å². The van der Waals surface area contributed by atoms with Crippen LogP contribution in [-0.4, -0.2) is 83.4 Å². The maximum atomic E-state index is 12.6. The maximum absolute atomic E-state index is 12.6. The maximum Gasteiger partial charge on any atom is 0.229 e. The van der Waals surface area contributed by atoms with E-state index in [1.807, 2.05) is 56.7 Å². The van der Waals surface area contributed by atoms with Crippen molar-refractivity contribution in [2.75, 3.05) is 68.4 Å². The second kappa shape index (κ2) is 13.8. The number of aromatic nitrogens is 4. The lowest BCUT2D eigenvalue weighted by Gasteiger charge is -2.31. The van der Waals surface area contributed by atoms with Crippen LogP contribution in [0, 0.1) is 0 Å². The van der Waals surface area contributed by atoms with Gasteiger partial charge >= 0.3 is 0 Å². The smallest absolute Gasteiger partial charge is 0.229 e. The van der Waals surface area contributed by atoms with Crippen molar-refractivity contribution in [2.45, 2.75) is 13.0 Å². The number of hydrogen-bond donors (Lipinski definition) is 2. The number of morpholine rings is 1. The molecule has 220 valence electrons. The van der Waals surface area contributed by atoms with E-state index in [-0.39, 0.29) is 5.91 Å². The Morgan fingerprint density at radius 2 is 1.90 bits per heavy atom. The topological polar surface area (TPSA) is 110 Å². The zero-order chi connectivity index (χ0) is 29.5. The predicted octanol–water partition coefficient (Wildman–Crippen LogP) is 4.70. The summed E-state index contributed by atoms with van der Waals surface area (Å²) in [6.45, 7) is 3.40. The van der Waals surface area contributed by atoms with Crippen molar-refractivity contribution in [3.8, 4) is 22.8 Å². The highest BCUT2D eigenvalue weighted by molar-refractivity contribution is 9.09. The summed E-state index contributed by atoms with van der Waals surface area (Å²) in [5.41, 5.74) is 5.21. The summed E-state index contributed by atoms with van der Waals surface area (Å²) < 4.78 is 13.1. The molecule has 12 heteroatoms. The number of anilines is 4. The number of nitrogens with one attached hydrogen (secondary N) is 2. The van der Waals surface area contributed by atoms with E-state index in [1.54, 1.807) is 18.0 Å². The molecule has 1 aliphatic rings. The van der Waals surface area contributed by atoms with E-state index in [4.69, 9.17) is 19.6 Å². The molecule has 0 radical (unpaired) electrons. The molecule has 3 heterocycles. The molecule has 5 rings (SSSR count). The number of rotatable bonds is 11. The quantitative estimate of drug-likeness (QED) is 0.227. The van der Waals surface area contributed by atoms with Gasteiger partial charge in [-0.05, 0) is 20.2 Å². The zero-order valence-electron chi connectivity index (χ0n) is 24.0. The number of halogens is 1. The number of benzene rings is 2. The van der Waals surface area contributed by atoms with Crippen LogP contribution in [0.2, 0.25) is 0 Å². The van der Waals surface area contributed by atoms with E-state index in [0.717, 1.165) is 29.1 Å². The summed E-state index contributed by atoms with van der Waals surface area (Å²) in [7, 11) is 5.69. The molecule has 0 atom stereocenters. The van der Waals surface area contributed by atoms with Crippen LogP contribution in [0.15, 0.2) is 60.9 Å². The molecule has 0 saturated carbocycles. The summed E-state index contributed by atoms with van der Waals surface area (Å²) in [6, 6.07) is 15.7. The normalized spacial score (nSPS) is 13.3. The summed E-state index contributed by atoms with van der Waals surface area (Å²) in [4.78, 5) is 26.1. The summed E-state index contributed by atoms with van der Waals surface area (Å²) in [5.74, 6) is 1.50. The van der Waals surface area contributed by atoms with Crippen LogP contribution >= 0.6 is 15.9 Å². The Morgan fingerprint density at radius 3 is 2.62 bits per heavy atom. The van der Waals surface area contributed by atoms with E-state index < -0.39 is 0 Å². The zero-order valence-corrected chi connectivity index (χ0v) is 25.6. The molecule has 2 aromatic heterocycles. The highest BCUT2D eigenvalue weighted by atomic mass is 79.9. The molecular formula is C30H35BrN8O3. The molecule has 2 N–H and O–H groups in total. The van der Waals surface area contributed by atoms with Gasteiger partial charge in [0, 0.05) is 67.0 Å². The molecule has 0 spiro atoms. The minimum atomic E-state index is -0.0859. The lowest BCUT2D eigenvalue weighted by Crippen LogP contribution is -2.36. The van der Waals surface area contributed by atoms with Crippen molar-refractivity contribution < 1.29 is 14.3 Å². The fourth-order valence-electron chi connectivity index (χ4n) is 4.78. The first-order chi connectivity index (χ1) is 20.4. The first kappa shape index (κ1) is 29.5. The fourth-order valence-corrected chi connectivity index (χ4v) is 5.14. The van der Waals surface area contributed by atoms with Gasteiger partial charge in [-0.25, -0.2) is 9.67 Å². The van der Waals surface area contributed by atoms with Crippen molar-refractivity contribution in [2.24, 2.45) is 0 Å². The van der Waals surface area contributed by atoms with Gasteiger partial charge in [-0.3, -0.25) is 4.79 Å². The van der Waals surface area contributed by atoms with Crippen molar-refractivity contribution >= 4 is 44.8 Å². The Bertz CT molecular complexity index is 1510. The van der Waals surface area contributed by atoms with Crippen LogP contribution in [-0.2, 0) is 16.1 Å². The highest BCUT2D eigenvalue weighted by Gasteiger charge is 2.21. The minimum absolute atomic E-state index is 0.0859. The van der Waals surface area contributed by atoms with Crippen LogP contribution in [0.25, 0.3) is 17.1 Å². The molecule has 1 aliphatic heterocycles. The molecule has 1 saturated heterocycles. The Hall–Kier alpha value is -4.00. The molecule has 0 aliphatic carbocycles. The average Bonchev–Trinajstić information content (AvgIpc) is 3.41. The number of amides is 1. The number of carbonyl (C=O) groups excluding carboxylic acids is 1. The van der Waals surface area contributed by atoms with Gasteiger partial charge in [-0.1, -0.05) is 46.3 Å². The third kappa shape index (κ3) is 7.07. The number of carbonyl (C=O) groups is 1. The Labute approximate surface area is 254 Å². The highest BCUT2D eigenvalue weighted by Crippen LogP contribution is 2.38. The van der Waals surface area contributed by atoms with Crippen molar-refractivity contribution in [1.29, 1.82) is 0 Å². The number of ether oxygens (including phenoxy) is 2. The fraction of sp³-hybridized carbons (Fsp3) is 0.333. The van der Waals surface area contributed by atoms with Gasteiger partial charge in [0.15, 0.2) is 5.82 Å². The summed E-state index contributed by atoms with van der Waals surface area (Å²) in [5, 5.41) is 11.8. The molecule has 1 fully saturated rings. The van der Waals surface area contributed by atoms with E-state index in [2.05, 4.69) is 53.5 Å². The number of nitrogens with zero attached hydrogens (tertiary/aromatic N) is 6. The lowest BCUT2D eigenvalue weighted by atomic mass is 10.1. The average molecular weight is 636 g/mol. The van der Waals surface area contributed by atoms with E-state index in [0.29, 0.717) is 66.9 Å². The second-order valence-corrected chi connectivity index (χ2v) is 10.9. The number of alkyl halides is 1. The Morgan fingerprint density at radius 1 is 1.12 bits per heavy atom. The molecular weight excluding hydrogens is 600 g/mol. The first-order valence-corrected chi connectivity index (χ1v) is 14.9. The van der Waals surface area contributed by atoms with Gasteiger partial charge in [-0.2, -0.15) is 10.1 Å². The third-order valence-electron chi connectivity index (χ3n) is 6.71. The van der Waals surface area contributed by atoms with Crippen LogP contribution in [0.3, 0.4) is 0 Å².